The van der Waals surface area contributed by atoms with Crippen LogP contribution in [0.2, 0.25) is 0 Å². The number of aliphatic hydroxyl groups excluding tert-OH is 7. The second-order valence-corrected chi connectivity index (χ2v) is 12.2. The van der Waals surface area contributed by atoms with Crippen LogP contribution in [0.3, 0.4) is 0 Å². The quantitative estimate of drug-likeness (QED) is 0.0507. The normalized spacial score (nSPS) is 24.9. The lowest BCUT2D eigenvalue weighted by Gasteiger charge is -2.40. The van der Waals surface area contributed by atoms with Crippen molar-refractivity contribution in [3.05, 3.63) is 36.5 Å². The van der Waals surface area contributed by atoms with Crippen molar-refractivity contribution in [1.82, 2.24) is 5.32 Å². The summed E-state index contributed by atoms with van der Waals surface area (Å²) in [6.07, 6.45) is 14.0. The SMILES string of the molecule is C/C=C/CC/C=C/CCCC(O)C(O)C(COC1OC(CO)C(O)C(O)C1O)NC(=O)C(O)CCCCCC/C=C\CCCCC. The average Bonchev–Trinajstić information content (AvgIpc) is 3.05. The van der Waals surface area contributed by atoms with Crippen molar-refractivity contribution in [2.75, 3.05) is 13.2 Å². The summed E-state index contributed by atoms with van der Waals surface area (Å²) in [5, 5.41) is 74.7. The highest BCUT2D eigenvalue weighted by molar-refractivity contribution is 5.80. The van der Waals surface area contributed by atoms with E-state index in [-0.39, 0.29) is 12.8 Å². The Hall–Kier alpha value is -1.67. The van der Waals surface area contributed by atoms with Gasteiger partial charge in [0.1, 0.15) is 36.6 Å². The van der Waals surface area contributed by atoms with Gasteiger partial charge in [0.2, 0.25) is 5.91 Å². The average molecular weight is 658 g/mol. The van der Waals surface area contributed by atoms with Gasteiger partial charge in [-0.3, -0.25) is 4.79 Å². The zero-order valence-corrected chi connectivity index (χ0v) is 28.0. The number of nitrogens with one attached hydrogen (secondary N) is 1. The number of allylic oxidation sites excluding steroid dienone is 6. The third-order valence-corrected chi connectivity index (χ3v) is 8.24. The number of amides is 1. The first-order chi connectivity index (χ1) is 22.2. The van der Waals surface area contributed by atoms with Gasteiger partial charge in [0.05, 0.1) is 25.4 Å². The molecule has 0 radical (unpaired) electrons. The van der Waals surface area contributed by atoms with Crippen molar-refractivity contribution < 1.29 is 50.0 Å². The van der Waals surface area contributed by atoms with E-state index < -0.39 is 74.2 Å². The highest BCUT2D eigenvalue weighted by Gasteiger charge is 2.44. The largest absolute Gasteiger partial charge is 0.394 e. The number of rotatable bonds is 26. The first-order valence-corrected chi connectivity index (χ1v) is 17.4. The molecule has 1 rings (SSSR count). The minimum Gasteiger partial charge on any atom is -0.394 e. The fourth-order valence-electron chi connectivity index (χ4n) is 5.22. The maximum absolute atomic E-state index is 12.9. The highest BCUT2D eigenvalue weighted by Crippen LogP contribution is 2.23. The fourth-order valence-corrected chi connectivity index (χ4v) is 5.22. The topological polar surface area (TPSA) is 189 Å². The van der Waals surface area contributed by atoms with Crippen molar-refractivity contribution in [2.24, 2.45) is 0 Å². The van der Waals surface area contributed by atoms with Gasteiger partial charge < -0.3 is 50.5 Å². The Morgan fingerprint density at radius 3 is 2.04 bits per heavy atom. The number of carbonyl (C=O) groups is 1. The van der Waals surface area contributed by atoms with E-state index in [1.54, 1.807) is 0 Å². The molecule has 11 nitrogen and oxygen atoms in total. The molecule has 46 heavy (non-hydrogen) atoms. The van der Waals surface area contributed by atoms with Gasteiger partial charge in [0.25, 0.3) is 0 Å². The summed E-state index contributed by atoms with van der Waals surface area (Å²) in [6, 6.07) is -1.19. The molecule has 1 aliphatic rings. The molecule has 0 saturated carbocycles. The van der Waals surface area contributed by atoms with Gasteiger partial charge in [-0.05, 0) is 71.1 Å². The van der Waals surface area contributed by atoms with Crippen molar-refractivity contribution in [1.29, 1.82) is 0 Å². The molecule has 0 aromatic rings. The summed E-state index contributed by atoms with van der Waals surface area (Å²) in [4.78, 5) is 12.9. The number of unbranched alkanes of at least 4 members (excludes halogenated alkanes) is 9. The molecule has 9 atom stereocenters. The number of hydrogen-bond donors (Lipinski definition) is 8. The number of carbonyl (C=O) groups excluding carboxylic acids is 1. The van der Waals surface area contributed by atoms with E-state index in [1.807, 2.05) is 19.1 Å². The smallest absolute Gasteiger partial charge is 0.249 e. The van der Waals surface area contributed by atoms with E-state index in [9.17, 15) is 40.5 Å². The second-order valence-electron chi connectivity index (χ2n) is 12.2. The van der Waals surface area contributed by atoms with Gasteiger partial charge in [-0.2, -0.15) is 0 Å². The summed E-state index contributed by atoms with van der Waals surface area (Å²) in [7, 11) is 0. The molecule has 0 spiro atoms. The van der Waals surface area contributed by atoms with Gasteiger partial charge in [-0.15, -0.1) is 0 Å². The van der Waals surface area contributed by atoms with Crippen molar-refractivity contribution in [3.63, 3.8) is 0 Å². The Morgan fingerprint density at radius 1 is 0.783 bits per heavy atom. The number of aliphatic hydroxyl groups is 7. The minimum atomic E-state index is -1.67. The Morgan fingerprint density at radius 2 is 1.39 bits per heavy atom. The number of ether oxygens (including phenoxy) is 2. The fraction of sp³-hybridized carbons (Fsp3) is 0.800. The zero-order chi connectivity index (χ0) is 34.2. The van der Waals surface area contributed by atoms with Crippen molar-refractivity contribution in [3.8, 4) is 0 Å². The molecule has 1 heterocycles. The van der Waals surface area contributed by atoms with Crippen LogP contribution < -0.4 is 5.32 Å². The maximum atomic E-state index is 12.9. The standard InChI is InChI=1S/C35H63NO10/c1-3-5-7-9-11-13-14-15-17-19-21-23-28(39)34(44)36-26(25-45-35-33(43)32(42)31(41)29(24-37)46-35)30(40)27(38)22-20-18-16-12-10-8-6-4-2/h4,6,11-13,16,26-33,35,37-43H,3,5,7-10,14-15,17-25H2,1-2H3,(H,36,44)/b6-4+,13-11-,16-12+. The molecule has 11 heteroatoms. The molecular weight excluding hydrogens is 594 g/mol. The van der Waals surface area contributed by atoms with Gasteiger partial charge in [0, 0.05) is 0 Å². The van der Waals surface area contributed by atoms with Crippen molar-refractivity contribution >= 4 is 5.91 Å². The minimum absolute atomic E-state index is 0.234. The molecule has 0 aliphatic carbocycles. The molecule has 8 N–H and O–H groups in total. The van der Waals surface area contributed by atoms with Crippen LogP contribution in [0.25, 0.3) is 0 Å². The predicted octanol–water partition coefficient (Wildman–Crippen LogP) is 2.93. The van der Waals surface area contributed by atoms with E-state index >= 15 is 0 Å². The van der Waals surface area contributed by atoms with Crippen LogP contribution in [-0.4, -0.2) is 110 Å². The van der Waals surface area contributed by atoms with Crippen LogP contribution in [-0.2, 0) is 14.3 Å². The molecule has 1 fully saturated rings. The molecule has 0 aromatic carbocycles. The Bertz CT molecular complexity index is 851. The third kappa shape index (κ3) is 17.5. The second kappa shape index (κ2) is 26.3. The van der Waals surface area contributed by atoms with Gasteiger partial charge in [0.15, 0.2) is 6.29 Å². The molecule has 1 aliphatic heterocycles. The Labute approximate surface area is 276 Å². The molecule has 1 saturated heterocycles. The Kier molecular flexibility index (Phi) is 24.2. The van der Waals surface area contributed by atoms with E-state index in [2.05, 4.69) is 36.5 Å². The predicted molar refractivity (Wildman–Crippen MR) is 178 cm³/mol. The van der Waals surface area contributed by atoms with E-state index in [0.29, 0.717) is 19.3 Å². The molecule has 1 amide bonds. The van der Waals surface area contributed by atoms with Crippen LogP contribution in [0, 0.1) is 0 Å². The first kappa shape index (κ1) is 42.4. The van der Waals surface area contributed by atoms with Crippen LogP contribution in [0.5, 0.6) is 0 Å². The third-order valence-electron chi connectivity index (χ3n) is 8.24. The molecule has 9 unspecified atom stereocenters. The van der Waals surface area contributed by atoms with Crippen LogP contribution in [0.4, 0.5) is 0 Å². The van der Waals surface area contributed by atoms with E-state index in [0.717, 1.165) is 44.9 Å². The van der Waals surface area contributed by atoms with Crippen LogP contribution in [0.1, 0.15) is 110 Å². The summed E-state index contributed by atoms with van der Waals surface area (Å²) < 4.78 is 10.9. The summed E-state index contributed by atoms with van der Waals surface area (Å²) in [6.45, 7) is 3.07. The molecule has 0 bridgehead atoms. The van der Waals surface area contributed by atoms with E-state index in [4.69, 9.17) is 9.47 Å². The molecule has 0 aromatic heterocycles. The summed E-state index contributed by atoms with van der Waals surface area (Å²) in [5.74, 6) is -0.729. The van der Waals surface area contributed by atoms with E-state index in [1.165, 1.54) is 19.3 Å². The first-order valence-electron chi connectivity index (χ1n) is 17.4. The van der Waals surface area contributed by atoms with Gasteiger partial charge >= 0.3 is 0 Å². The lowest BCUT2D eigenvalue weighted by Crippen LogP contribution is -2.60. The molecule has 268 valence electrons. The summed E-state index contributed by atoms with van der Waals surface area (Å²) >= 11 is 0. The monoisotopic (exact) mass is 657 g/mol. The van der Waals surface area contributed by atoms with Crippen molar-refractivity contribution in [2.45, 2.75) is 165 Å². The number of hydrogen-bond acceptors (Lipinski definition) is 10. The lowest BCUT2D eigenvalue weighted by atomic mass is 9.98. The lowest BCUT2D eigenvalue weighted by molar-refractivity contribution is -0.303. The van der Waals surface area contributed by atoms with Gasteiger partial charge in [-0.25, -0.2) is 0 Å². The maximum Gasteiger partial charge on any atom is 0.249 e. The zero-order valence-electron chi connectivity index (χ0n) is 28.0. The van der Waals surface area contributed by atoms with Crippen LogP contribution >= 0.6 is 0 Å². The Balaban J connectivity index is 2.66. The van der Waals surface area contributed by atoms with Crippen LogP contribution in [0.15, 0.2) is 36.5 Å². The summed E-state index contributed by atoms with van der Waals surface area (Å²) in [5.41, 5.74) is 0. The van der Waals surface area contributed by atoms with Gasteiger partial charge in [-0.1, -0.05) is 75.5 Å². The highest BCUT2D eigenvalue weighted by atomic mass is 16.7. The molecular formula is C35H63NO10.